The highest BCUT2D eigenvalue weighted by atomic mass is 16.5. The van der Waals surface area contributed by atoms with E-state index in [1.807, 2.05) is 0 Å². The molecule has 2 N–H and O–H groups in total. The highest BCUT2D eigenvalue weighted by Gasteiger charge is 2.16. The summed E-state index contributed by atoms with van der Waals surface area (Å²) in [6, 6.07) is 13.6. The Balaban J connectivity index is 1.42. The Hall–Kier alpha value is -3.02. The number of carboxylic acids is 1. The van der Waals surface area contributed by atoms with Crippen LogP contribution in [0.15, 0.2) is 48.5 Å². The monoisotopic (exact) mass is 383 g/mol. The number of ether oxygens (including phenoxy) is 2. The maximum absolute atomic E-state index is 12.3. The fourth-order valence-electron chi connectivity index (χ4n) is 3.26. The minimum absolute atomic E-state index is 0.0416. The van der Waals surface area contributed by atoms with E-state index in [9.17, 15) is 9.59 Å². The summed E-state index contributed by atoms with van der Waals surface area (Å²) >= 11 is 0. The second kappa shape index (κ2) is 9.78. The van der Waals surface area contributed by atoms with Crippen molar-refractivity contribution < 1.29 is 24.2 Å². The first-order chi connectivity index (χ1) is 13.6. The lowest BCUT2D eigenvalue weighted by atomic mass is 9.95. The molecule has 0 saturated heterocycles. The van der Waals surface area contributed by atoms with Gasteiger partial charge < -0.3 is 19.9 Å². The van der Waals surface area contributed by atoms with Gasteiger partial charge in [0.1, 0.15) is 24.7 Å². The van der Waals surface area contributed by atoms with E-state index < -0.39 is 5.97 Å². The summed E-state index contributed by atoms with van der Waals surface area (Å²) in [5.41, 5.74) is 0.806. The number of amides is 1. The van der Waals surface area contributed by atoms with Crippen LogP contribution in [0, 0.1) is 0 Å². The van der Waals surface area contributed by atoms with Crippen LogP contribution in [0.25, 0.3) is 0 Å². The Morgan fingerprint density at radius 3 is 2.25 bits per heavy atom. The number of hydrogen-bond donors (Lipinski definition) is 2. The number of aromatic carboxylic acids is 1. The number of hydrogen-bond acceptors (Lipinski definition) is 4. The normalized spacial score (nSPS) is 14.3. The molecule has 0 aliphatic heterocycles. The van der Waals surface area contributed by atoms with Crippen molar-refractivity contribution in [2.75, 3.05) is 13.2 Å². The topological polar surface area (TPSA) is 84.9 Å². The molecule has 2 aromatic rings. The van der Waals surface area contributed by atoms with Crippen molar-refractivity contribution in [1.82, 2.24) is 5.32 Å². The smallest absolute Gasteiger partial charge is 0.335 e. The number of benzene rings is 2. The minimum Gasteiger partial charge on any atom is -0.490 e. The molecule has 1 fully saturated rings. The third kappa shape index (κ3) is 5.74. The number of nitrogens with one attached hydrogen (secondary N) is 1. The Morgan fingerprint density at radius 1 is 0.893 bits per heavy atom. The van der Waals surface area contributed by atoms with Crippen LogP contribution < -0.4 is 14.8 Å². The lowest BCUT2D eigenvalue weighted by molar-refractivity contribution is 0.0696. The molecule has 0 aromatic heterocycles. The highest BCUT2D eigenvalue weighted by molar-refractivity contribution is 5.94. The largest absolute Gasteiger partial charge is 0.490 e. The van der Waals surface area contributed by atoms with Gasteiger partial charge in [0.25, 0.3) is 5.91 Å². The molecule has 0 atom stereocenters. The number of carbonyl (C=O) groups excluding carboxylic acids is 1. The summed E-state index contributed by atoms with van der Waals surface area (Å²) in [5, 5.41) is 12.1. The molecule has 0 heterocycles. The molecule has 1 aliphatic rings. The lowest BCUT2D eigenvalue weighted by Gasteiger charge is -2.22. The zero-order valence-corrected chi connectivity index (χ0v) is 15.7. The van der Waals surface area contributed by atoms with Gasteiger partial charge in [0.15, 0.2) is 0 Å². The number of carbonyl (C=O) groups is 2. The maximum Gasteiger partial charge on any atom is 0.335 e. The fourth-order valence-corrected chi connectivity index (χ4v) is 3.26. The second-order valence-electron chi connectivity index (χ2n) is 6.86. The lowest BCUT2D eigenvalue weighted by Crippen LogP contribution is -2.36. The first kappa shape index (κ1) is 19.7. The van der Waals surface area contributed by atoms with Gasteiger partial charge in [0, 0.05) is 11.6 Å². The molecular weight excluding hydrogens is 358 g/mol. The molecule has 6 nitrogen and oxygen atoms in total. The van der Waals surface area contributed by atoms with Crippen molar-refractivity contribution in [3.8, 4) is 11.5 Å². The summed E-state index contributed by atoms with van der Waals surface area (Å²) in [6.45, 7) is 0.595. The zero-order valence-electron chi connectivity index (χ0n) is 15.7. The second-order valence-corrected chi connectivity index (χ2v) is 6.86. The van der Waals surface area contributed by atoms with Gasteiger partial charge in [-0.1, -0.05) is 25.3 Å². The predicted octanol–water partition coefficient (Wildman–Crippen LogP) is 3.91. The van der Waals surface area contributed by atoms with Crippen LogP contribution in [0.2, 0.25) is 0 Å². The van der Waals surface area contributed by atoms with Crippen LogP contribution in [0.4, 0.5) is 0 Å². The molecule has 0 bridgehead atoms. The highest BCUT2D eigenvalue weighted by Crippen LogP contribution is 2.19. The Morgan fingerprint density at radius 2 is 1.57 bits per heavy atom. The molecule has 148 valence electrons. The van der Waals surface area contributed by atoms with E-state index in [2.05, 4.69) is 5.32 Å². The molecule has 1 saturated carbocycles. The SMILES string of the molecule is O=C(O)c1cccc(OCCOc2ccc(C(=O)NC3CCCCC3)cc2)c1. The fraction of sp³-hybridized carbons (Fsp3) is 0.364. The van der Waals surface area contributed by atoms with Crippen molar-refractivity contribution in [3.05, 3.63) is 59.7 Å². The van der Waals surface area contributed by atoms with E-state index in [1.165, 1.54) is 31.4 Å². The molecule has 1 aliphatic carbocycles. The van der Waals surface area contributed by atoms with Crippen LogP contribution in [-0.4, -0.2) is 36.2 Å². The standard InChI is InChI=1S/C22H25NO5/c24-21(23-18-6-2-1-3-7-18)16-9-11-19(12-10-16)27-13-14-28-20-8-4-5-17(15-20)22(25)26/h4-5,8-12,15,18H,1-3,6-7,13-14H2,(H,23,24)(H,25,26). The van der Waals surface area contributed by atoms with Crippen LogP contribution in [0.1, 0.15) is 52.8 Å². The quantitative estimate of drug-likeness (QED) is 0.675. The summed E-state index contributed by atoms with van der Waals surface area (Å²) < 4.78 is 11.1. The Labute approximate surface area is 164 Å². The van der Waals surface area contributed by atoms with Gasteiger partial charge >= 0.3 is 5.97 Å². The maximum atomic E-state index is 12.3. The Bertz CT molecular complexity index is 797. The molecule has 6 heteroatoms. The van der Waals surface area contributed by atoms with Crippen molar-refractivity contribution in [1.29, 1.82) is 0 Å². The van der Waals surface area contributed by atoms with E-state index in [-0.39, 0.29) is 24.1 Å². The molecule has 2 aromatic carbocycles. The average molecular weight is 383 g/mol. The van der Waals surface area contributed by atoms with Crippen LogP contribution in [0.3, 0.4) is 0 Å². The van der Waals surface area contributed by atoms with Crippen molar-refractivity contribution in [3.63, 3.8) is 0 Å². The molecule has 0 unspecified atom stereocenters. The van der Waals surface area contributed by atoms with E-state index in [4.69, 9.17) is 14.6 Å². The summed E-state index contributed by atoms with van der Waals surface area (Å²) in [7, 11) is 0. The van der Waals surface area contributed by atoms with Crippen LogP contribution in [0.5, 0.6) is 11.5 Å². The molecular formula is C22H25NO5. The van der Waals surface area contributed by atoms with Gasteiger partial charge in [-0.05, 0) is 55.3 Å². The molecule has 0 radical (unpaired) electrons. The van der Waals surface area contributed by atoms with Crippen molar-refractivity contribution in [2.45, 2.75) is 38.1 Å². The van der Waals surface area contributed by atoms with Gasteiger partial charge in [-0.25, -0.2) is 4.79 Å². The Kier molecular flexibility index (Phi) is 6.89. The van der Waals surface area contributed by atoms with Gasteiger partial charge in [0.2, 0.25) is 0 Å². The first-order valence-electron chi connectivity index (χ1n) is 9.62. The van der Waals surface area contributed by atoms with Gasteiger partial charge in [-0.15, -0.1) is 0 Å². The third-order valence-corrected chi connectivity index (χ3v) is 4.76. The zero-order chi connectivity index (χ0) is 19.8. The third-order valence-electron chi connectivity index (χ3n) is 4.76. The molecule has 1 amide bonds. The van der Waals surface area contributed by atoms with Gasteiger partial charge in [-0.2, -0.15) is 0 Å². The van der Waals surface area contributed by atoms with E-state index in [0.717, 1.165) is 12.8 Å². The van der Waals surface area contributed by atoms with Gasteiger partial charge in [-0.3, -0.25) is 4.79 Å². The number of carboxylic acid groups (broad SMARTS) is 1. The summed E-state index contributed by atoms with van der Waals surface area (Å²) in [6.07, 6.45) is 5.73. The summed E-state index contributed by atoms with van der Waals surface area (Å²) in [4.78, 5) is 23.2. The molecule has 3 rings (SSSR count). The van der Waals surface area contributed by atoms with E-state index >= 15 is 0 Å². The van der Waals surface area contributed by atoms with Crippen LogP contribution in [-0.2, 0) is 0 Å². The first-order valence-corrected chi connectivity index (χ1v) is 9.62. The van der Waals surface area contributed by atoms with Gasteiger partial charge in [0.05, 0.1) is 5.56 Å². The molecule has 0 spiro atoms. The number of rotatable bonds is 8. The average Bonchev–Trinajstić information content (AvgIpc) is 2.72. The summed E-state index contributed by atoms with van der Waals surface area (Å²) in [5.74, 6) is 0.102. The minimum atomic E-state index is -0.991. The van der Waals surface area contributed by atoms with Crippen molar-refractivity contribution in [2.24, 2.45) is 0 Å². The van der Waals surface area contributed by atoms with E-state index in [1.54, 1.807) is 36.4 Å². The van der Waals surface area contributed by atoms with E-state index in [0.29, 0.717) is 23.7 Å². The van der Waals surface area contributed by atoms with Crippen LogP contribution >= 0.6 is 0 Å². The predicted molar refractivity (Wildman–Crippen MR) is 105 cm³/mol. The molecule has 28 heavy (non-hydrogen) atoms. The van der Waals surface area contributed by atoms with Crippen molar-refractivity contribution >= 4 is 11.9 Å².